The van der Waals surface area contributed by atoms with Crippen LogP contribution in [0.1, 0.15) is 25.5 Å². The van der Waals surface area contributed by atoms with Gasteiger partial charge in [-0.3, -0.25) is 0 Å². The SMILES string of the molecule is COc1ccc(C(C)NCC(C)(O)CO)cc1F. The molecule has 0 saturated carbocycles. The summed E-state index contributed by atoms with van der Waals surface area (Å²) in [5, 5.41) is 21.6. The number of ether oxygens (including phenoxy) is 1. The number of aliphatic hydroxyl groups is 2. The second kappa shape index (κ2) is 6.13. The largest absolute Gasteiger partial charge is 0.494 e. The normalized spacial score (nSPS) is 16.1. The molecule has 18 heavy (non-hydrogen) atoms. The van der Waals surface area contributed by atoms with Crippen LogP contribution in [0.3, 0.4) is 0 Å². The zero-order valence-corrected chi connectivity index (χ0v) is 10.9. The molecule has 3 N–H and O–H groups in total. The fourth-order valence-electron chi connectivity index (χ4n) is 1.50. The molecule has 0 bridgehead atoms. The minimum atomic E-state index is -1.18. The van der Waals surface area contributed by atoms with Crippen LogP contribution in [0.4, 0.5) is 4.39 Å². The van der Waals surface area contributed by atoms with Crippen LogP contribution in [0.5, 0.6) is 5.75 Å². The molecule has 0 amide bonds. The molecule has 0 spiro atoms. The summed E-state index contributed by atoms with van der Waals surface area (Å²) in [7, 11) is 1.41. The van der Waals surface area contributed by atoms with E-state index in [2.05, 4.69) is 5.32 Å². The summed E-state index contributed by atoms with van der Waals surface area (Å²) in [6.45, 7) is 3.28. The molecular weight excluding hydrogens is 237 g/mol. The van der Waals surface area contributed by atoms with Crippen LogP contribution in [0, 0.1) is 5.82 Å². The van der Waals surface area contributed by atoms with E-state index in [0.717, 1.165) is 5.56 Å². The van der Waals surface area contributed by atoms with E-state index >= 15 is 0 Å². The molecule has 0 radical (unpaired) electrons. The van der Waals surface area contributed by atoms with Gasteiger partial charge in [-0.25, -0.2) is 4.39 Å². The zero-order valence-electron chi connectivity index (χ0n) is 10.9. The summed E-state index contributed by atoms with van der Waals surface area (Å²) in [6, 6.07) is 4.58. The predicted molar refractivity (Wildman–Crippen MR) is 67.1 cm³/mol. The van der Waals surface area contributed by atoms with E-state index in [4.69, 9.17) is 9.84 Å². The van der Waals surface area contributed by atoms with Crippen LogP contribution < -0.4 is 10.1 Å². The molecule has 5 heteroatoms. The molecule has 0 aliphatic carbocycles. The average molecular weight is 257 g/mol. The first kappa shape index (κ1) is 14.9. The zero-order chi connectivity index (χ0) is 13.8. The van der Waals surface area contributed by atoms with Crippen molar-refractivity contribution in [1.29, 1.82) is 0 Å². The highest BCUT2D eigenvalue weighted by Crippen LogP contribution is 2.21. The third kappa shape index (κ3) is 3.94. The van der Waals surface area contributed by atoms with Gasteiger partial charge < -0.3 is 20.3 Å². The molecule has 2 unspecified atom stereocenters. The Kier molecular flexibility index (Phi) is 5.07. The molecule has 1 aromatic rings. The van der Waals surface area contributed by atoms with Crippen LogP contribution in [-0.2, 0) is 0 Å². The van der Waals surface area contributed by atoms with E-state index in [1.54, 1.807) is 12.1 Å². The van der Waals surface area contributed by atoms with Crippen LogP contribution >= 0.6 is 0 Å². The van der Waals surface area contributed by atoms with Gasteiger partial charge in [-0.1, -0.05) is 6.07 Å². The maximum atomic E-state index is 13.5. The Morgan fingerprint density at radius 1 is 1.50 bits per heavy atom. The van der Waals surface area contributed by atoms with Gasteiger partial charge in [-0.15, -0.1) is 0 Å². The van der Waals surface area contributed by atoms with Gasteiger partial charge in [0.2, 0.25) is 0 Å². The average Bonchev–Trinajstić information content (AvgIpc) is 2.36. The van der Waals surface area contributed by atoms with Crippen LogP contribution in [0.25, 0.3) is 0 Å². The van der Waals surface area contributed by atoms with E-state index < -0.39 is 11.4 Å². The summed E-state index contributed by atoms with van der Waals surface area (Å²) in [4.78, 5) is 0. The van der Waals surface area contributed by atoms with E-state index in [0.29, 0.717) is 0 Å². The number of benzene rings is 1. The van der Waals surface area contributed by atoms with Crippen molar-refractivity contribution in [2.24, 2.45) is 0 Å². The Labute approximate surface area is 106 Å². The number of hydrogen-bond acceptors (Lipinski definition) is 4. The van der Waals surface area contributed by atoms with Crippen molar-refractivity contribution < 1.29 is 19.3 Å². The highest BCUT2D eigenvalue weighted by atomic mass is 19.1. The van der Waals surface area contributed by atoms with Crippen molar-refractivity contribution in [1.82, 2.24) is 5.32 Å². The second-order valence-electron chi connectivity index (χ2n) is 4.65. The van der Waals surface area contributed by atoms with Crippen LogP contribution in [0.15, 0.2) is 18.2 Å². The van der Waals surface area contributed by atoms with Crippen molar-refractivity contribution in [3.05, 3.63) is 29.6 Å². The van der Waals surface area contributed by atoms with Crippen LogP contribution in [-0.4, -0.2) is 36.1 Å². The summed E-state index contributed by atoms with van der Waals surface area (Å²) in [5.41, 5.74) is -0.429. The minimum absolute atomic E-state index is 0.136. The Morgan fingerprint density at radius 3 is 2.67 bits per heavy atom. The third-order valence-corrected chi connectivity index (χ3v) is 2.81. The number of hydrogen-bond donors (Lipinski definition) is 3. The van der Waals surface area contributed by atoms with Crippen molar-refractivity contribution in [2.75, 3.05) is 20.3 Å². The first-order valence-electron chi connectivity index (χ1n) is 5.79. The lowest BCUT2D eigenvalue weighted by molar-refractivity contribution is 0.00105. The van der Waals surface area contributed by atoms with Gasteiger partial charge in [0, 0.05) is 12.6 Å². The Bertz CT molecular complexity index is 396. The van der Waals surface area contributed by atoms with Gasteiger partial charge in [0.25, 0.3) is 0 Å². The van der Waals surface area contributed by atoms with Gasteiger partial charge in [0.1, 0.15) is 0 Å². The van der Waals surface area contributed by atoms with Crippen molar-refractivity contribution >= 4 is 0 Å². The third-order valence-electron chi connectivity index (χ3n) is 2.81. The fourth-order valence-corrected chi connectivity index (χ4v) is 1.50. The number of aliphatic hydroxyl groups excluding tert-OH is 1. The van der Waals surface area contributed by atoms with Crippen molar-refractivity contribution in [2.45, 2.75) is 25.5 Å². The molecule has 0 aromatic heterocycles. The summed E-state index contributed by atoms with van der Waals surface area (Å²) in [5.74, 6) is -0.217. The molecule has 0 aliphatic heterocycles. The van der Waals surface area contributed by atoms with Crippen molar-refractivity contribution in [3.8, 4) is 5.75 Å². The van der Waals surface area contributed by atoms with E-state index in [-0.39, 0.29) is 24.9 Å². The van der Waals surface area contributed by atoms with Gasteiger partial charge in [0.05, 0.1) is 19.3 Å². The highest BCUT2D eigenvalue weighted by Gasteiger charge is 2.20. The van der Waals surface area contributed by atoms with E-state index in [1.807, 2.05) is 6.92 Å². The van der Waals surface area contributed by atoms with Gasteiger partial charge >= 0.3 is 0 Å². The topological polar surface area (TPSA) is 61.7 Å². The Hall–Kier alpha value is -1.17. The molecule has 0 aliphatic rings. The highest BCUT2D eigenvalue weighted by molar-refractivity contribution is 5.30. The first-order chi connectivity index (χ1) is 8.39. The molecule has 102 valence electrons. The first-order valence-corrected chi connectivity index (χ1v) is 5.79. The molecule has 0 heterocycles. The maximum absolute atomic E-state index is 13.5. The predicted octanol–water partition coefficient (Wildman–Crippen LogP) is 1.23. The lowest BCUT2D eigenvalue weighted by Gasteiger charge is -2.24. The van der Waals surface area contributed by atoms with Crippen molar-refractivity contribution in [3.63, 3.8) is 0 Å². The molecule has 2 atom stereocenters. The lowest BCUT2D eigenvalue weighted by atomic mass is 10.1. The van der Waals surface area contributed by atoms with Gasteiger partial charge in [-0.05, 0) is 31.5 Å². The summed E-state index contributed by atoms with van der Waals surface area (Å²) < 4.78 is 18.4. The summed E-state index contributed by atoms with van der Waals surface area (Å²) in [6.07, 6.45) is 0. The van der Waals surface area contributed by atoms with Gasteiger partial charge in [-0.2, -0.15) is 0 Å². The quantitative estimate of drug-likeness (QED) is 0.717. The number of rotatable bonds is 6. The molecule has 0 saturated heterocycles. The molecule has 0 fully saturated rings. The Morgan fingerprint density at radius 2 is 2.17 bits per heavy atom. The second-order valence-corrected chi connectivity index (χ2v) is 4.65. The number of methoxy groups -OCH3 is 1. The molecule has 1 aromatic carbocycles. The number of nitrogens with one attached hydrogen (secondary N) is 1. The molecular formula is C13H20FNO3. The Balaban J connectivity index is 2.67. The van der Waals surface area contributed by atoms with Crippen LogP contribution in [0.2, 0.25) is 0 Å². The van der Waals surface area contributed by atoms with Gasteiger partial charge in [0.15, 0.2) is 11.6 Å². The monoisotopic (exact) mass is 257 g/mol. The molecule has 1 rings (SSSR count). The molecule has 4 nitrogen and oxygen atoms in total. The fraction of sp³-hybridized carbons (Fsp3) is 0.538. The van der Waals surface area contributed by atoms with E-state index in [9.17, 15) is 9.50 Å². The smallest absolute Gasteiger partial charge is 0.165 e. The maximum Gasteiger partial charge on any atom is 0.165 e. The minimum Gasteiger partial charge on any atom is -0.494 e. The van der Waals surface area contributed by atoms with E-state index in [1.165, 1.54) is 20.1 Å². The standard InChI is InChI=1S/C13H20FNO3/c1-9(15-7-13(2,17)8-16)10-4-5-12(18-3)11(14)6-10/h4-6,9,15-17H,7-8H2,1-3H3. The number of halogens is 1. The lowest BCUT2D eigenvalue weighted by Crippen LogP contribution is -2.41. The summed E-state index contributed by atoms with van der Waals surface area (Å²) >= 11 is 0.